The van der Waals surface area contributed by atoms with E-state index in [9.17, 15) is 4.79 Å². The zero-order valence-corrected chi connectivity index (χ0v) is 21.6. The van der Waals surface area contributed by atoms with Gasteiger partial charge in [-0.2, -0.15) is 5.26 Å². The first kappa shape index (κ1) is 26.1. The average molecular weight is 492 g/mol. The number of hydrogen-bond acceptors (Lipinski definition) is 6. The van der Waals surface area contributed by atoms with Crippen LogP contribution in [-0.2, 0) is 14.9 Å². The van der Waals surface area contributed by atoms with Crippen LogP contribution in [0.4, 0.5) is 5.69 Å². The third kappa shape index (κ3) is 6.04. The normalized spacial score (nSPS) is 18.8. The minimum absolute atomic E-state index is 0.0412. The van der Waals surface area contributed by atoms with Crippen LogP contribution in [0.3, 0.4) is 0 Å². The fraction of sp³-hybridized carbons (Fsp3) is 0.536. The molecule has 1 aliphatic heterocycles. The number of methoxy groups -OCH3 is 1. The molecule has 1 aromatic heterocycles. The van der Waals surface area contributed by atoms with E-state index in [1.807, 2.05) is 12.1 Å². The van der Waals surface area contributed by atoms with Gasteiger partial charge < -0.3 is 25.1 Å². The maximum Gasteiger partial charge on any atom is 0.291 e. The number of carbonyl (C=O) groups is 1. The summed E-state index contributed by atoms with van der Waals surface area (Å²) < 4.78 is 10.9. The highest BCUT2D eigenvalue weighted by molar-refractivity contribution is 6.03. The van der Waals surface area contributed by atoms with Crippen LogP contribution in [-0.4, -0.2) is 55.9 Å². The lowest BCUT2D eigenvalue weighted by Gasteiger charge is -2.39. The lowest BCUT2D eigenvalue weighted by atomic mass is 9.72. The van der Waals surface area contributed by atoms with Crippen molar-refractivity contribution in [3.8, 4) is 6.07 Å². The molecule has 8 heteroatoms. The van der Waals surface area contributed by atoms with Crippen molar-refractivity contribution in [2.45, 2.75) is 51.4 Å². The highest BCUT2D eigenvalue weighted by atomic mass is 16.5. The number of aromatic nitrogens is 2. The van der Waals surface area contributed by atoms with Gasteiger partial charge in [-0.05, 0) is 60.8 Å². The van der Waals surface area contributed by atoms with Crippen molar-refractivity contribution < 1.29 is 14.3 Å². The molecule has 1 aromatic carbocycles. The van der Waals surface area contributed by atoms with Crippen molar-refractivity contribution in [1.29, 1.82) is 5.26 Å². The van der Waals surface area contributed by atoms with Crippen LogP contribution < -0.4 is 10.6 Å². The molecule has 1 fully saturated rings. The lowest BCUT2D eigenvalue weighted by molar-refractivity contribution is 0.0492. The Morgan fingerprint density at radius 1 is 1.28 bits per heavy atom. The summed E-state index contributed by atoms with van der Waals surface area (Å²) in [6, 6.07) is 8.38. The van der Waals surface area contributed by atoms with Gasteiger partial charge in [-0.25, -0.2) is 4.98 Å². The number of ether oxygens (including phenoxy) is 2. The van der Waals surface area contributed by atoms with E-state index in [0.29, 0.717) is 6.61 Å². The molecule has 2 heterocycles. The number of rotatable bonds is 9. The van der Waals surface area contributed by atoms with E-state index in [4.69, 9.17) is 14.7 Å². The fourth-order valence-electron chi connectivity index (χ4n) is 5.08. The summed E-state index contributed by atoms with van der Waals surface area (Å²) in [5, 5.41) is 15.7. The van der Waals surface area contributed by atoms with E-state index >= 15 is 0 Å². The molecule has 2 aliphatic rings. The second kappa shape index (κ2) is 11.4. The highest BCUT2D eigenvalue weighted by Gasteiger charge is 2.35. The molecule has 8 nitrogen and oxygen atoms in total. The first-order valence-corrected chi connectivity index (χ1v) is 12.7. The van der Waals surface area contributed by atoms with E-state index < -0.39 is 0 Å². The van der Waals surface area contributed by atoms with Gasteiger partial charge in [0.1, 0.15) is 6.07 Å². The summed E-state index contributed by atoms with van der Waals surface area (Å²) in [6.45, 7) is 8.38. The standard InChI is InChI=1S/C28H37N5O3/c1-27(2)8-6-20(7-9-27)23-16-21(28(10-13-36-14-11-28)19-30-12-15-35-3)4-5-24(23)33-26(34)25-31-18-22(17-29)32-25/h4-6,16,18,30H,7-15,19H2,1-3H3,(H,31,32)(H,33,34). The number of carbonyl (C=O) groups excluding carboxylic acids is 1. The monoisotopic (exact) mass is 491 g/mol. The Kier molecular flexibility index (Phi) is 8.24. The van der Waals surface area contributed by atoms with Crippen molar-refractivity contribution >= 4 is 17.2 Å². The predicted molar refractivity (Wildman–Crippen MR) is 140 cm³/mol. The van der Waals surface area contributed by atoms with Crippen molar-refractivity contribution in [1.82, 2.24) is 15.3 Å². The molecule has 3 N–H and O–H groups in total. The number of anilines is 1. The third-order valence-electron chi connectivity index (χ3n) is 7.50. The van der Waals surface area contributed by atoms with Crippen molar-refractivity contribution in [2.24, 2.45) is 5.41 Å². The van der Waals surface area contributed by atoms with Crippen molar-refractivity contribution in [3.63, 3.8) is 0 Å². The van der Waals surface area contributed by atoms with Crippen LogP contribution in [0.25, 0.3) is 5.57 Å². The number of allylic oxidation sites excluding steroid dienone is 2. The molecule has 0 atom stereocenters. The topological polar surface area (TPSA) is 112 Å². The van der Waals surface area contributed by atoms with Gasteiger partial charge in [0.15, 0.2) is 11.5 Å². The summed E-state index contributed by atoms with van der Waals surface area (Å²) in [7, 11) is 1.72. The Bertz CT molecular complexity index is 1140. The lowest BCUT2D eigenvalue weighted by Crippen LogP contribution is -2.43. The number of nitriles is 1. The summed E-state index contributed by atoms with van der Waals surface area (Å²) in [5.74, 6) is -0.229. The number of nitrogens with zero attached hydrogens (tertiary/aromatic N) is 2. The second-order valence-corrected chi connectivity index (χ2v) is 10.6. The summed E-state index contributed by atoms with van der Waals surface area (Å²) in [4.78, 5) is 19.8. The SMILES string of the molecule is COCCNCC1(c2ccc(NC(=O)c3nc(C#N)c[nH]3)c(C3=CCC(C)(C)CC3)c2)CCOCC1. The van der Waals surface area contributed by atoms with E-state index in [1.54, 1.807) is 7.11 Å². The molecule has 192 valence electrons. The quantitative estimate of drug-likeness (QED) is 0.448. The molecule has 4 rings (SSSR count). The van der Waals surface area contributed by atoms with E-state index in [-0.39, 0.29) is 28.3 Å². The van der Waals surface area contributed by atoms with Gasteiger partial charge in [0.05, 0.1) is 6.61 Å². The first-order valence-electron chi connectivity index (χ1n) is 12.7. The predicted octanol–water partition coefficient (Wildman–Crippen LogP) is 4.41. The maximum absolute atomic E-state index is 13.0. The zero-order chi connectivity index (χ0) is 25.6. The summed E-state index contributed by atoms with van der Waals surface area (Å²) in [6.07, 6.45) is 8.70. The molecular formula is C28H37N5O3. The van der Waals surface area contributed by atoms with Crippen LogP contribution in [0, 0.1) is 16.7 Å². The van der Waals surface area contributed by atoms with Gasteiger partial charge in [-0.3, -0.25) is 4.79 Å². The average Bonchev–Trinajstić information content (AvgIpc) is 3.37. The van der Waals surface area contributed by atoms with Crippen LogP contribution in [0.5, 0.6) is 0 Å². The van der Waals surface area contributed by atoms with Crippen LogP contribution >= 0.6 is 0 Å². The summed E-state index contributed by atoms with van der Waals surface area (Å²) >= 11 is 0. The number of nitrogens with one attached hydrogen (secondary N) is 3. The number of amides is 1. The van der Waals surface area contributed by atoms with Crippen LogP contribution in [0.2, 0.25) is 0 Å². The largest absolute Gasteiger partial charge is 0.383 e. The molecule has 1 aliphatic carbocycles. The van der Waals surface area contributed by atoms with E-state index in [0.717, 1.165) is 69.7 Å². The molecule has 0 saturated carbocycles. The van der Waals surface area contributed by atoms with Gasteiger partial charge in [0, 0.05) is 56.3 Å². The number of benzene rings is 1. The third-order valence-corrected chi connectivity index (χ3v) is 7.50. The Morgan fingerprint density at radius 3 is 2.75 bits per heavy atom. The number of imidazole rings is 1. The van der Waals surface area contributed by atoms with E-state index in [2.05, 4.69) is 52.7 Å². The Balaban J connectivity index is 1.68. The molecule has 0 radical (unpaired) electrons. The zero-order valence-electron chi connectivity index (χ0n) is 21.6. The highest BCUT2D eigenvalue weighted by Crippen LogP contribution is 2.42. The fourth-order valence-corrected chi connectivity index (χ4v) is 5.08. The molecule has 1 amide bonds. The van der Waals surface area contributed by atoms with Crippen LogP contribution in [0.15, 0.2) is 30.5 Å². The first-order chi connectivity index (χ1) is 17.4. The molecule has 0 unspecified atom stereocenters. The molecule has 36 heavy (non-hydrogen) atoms. The smallest absolute Gasteiger partial charge is 0.291 e. The number of hydrogen-bond donors (Lipinski definition) is 3. The second-order valence-electron chi connectivity index (χ2n) is 10.6. The van der Waals surface area contributed by atoms with Gasteiger partial charge in [-0.15, -0.1) is 0 Å². The van der Waals surface area contributed by atoms with Crippen molar-refractivity contribution in [2.75, 3.05) is 45.3 Å². The minimum Gasteiger partial charge on any atom is -0.383 e. The molecule has 0 bridgehead atoms. The Morgan fingerprint density at radius 2 is 2.08 bits per heavy atom. The number of aromatic amines is 1. The molecule has 0 spiro atoms. The number of H-pyrrole nitrogens is 1. The van der Waals surface area contributed by atoms with Gasteiger partial charge >= 0.3 is 0 Å². The van der Waals surface area contributed by atoms with Gasteiger partial charge in [0.25, 0.3) is 5.91 Å². The Hall–Kier alpha value is -2.99. The van der Waals surface area contributed by atoms with Gasteiger partial charge in [0.2, 0.25) is 0 Å². The Labute approximate surface area is 213 Å². The van der Waals surface area contributed by atoms with Crippen LogP contribution in [0.1, 0.15) is 73.4 Å². The van der Waals surface area contributed by atoms with Gasteiger partial charge in [-0.1, -0.05) is 26.0 Å². The maximum atomic E-state index is 13.0. The molecule has 1 saturated heterocycles. The molecule has 2 aromatic rings. The van der Waals surface area contributed by atoms with Crippen molar-refractivity contribution in [3.05, 3.63) is 53.1 Å². The summed E-state index contributed by atoms with van der Waals surface area (Å²) in [5.41, 5.74) is 4.78. The minimum atomic E-state index is -0.357. The molecular weight excluding hydrogens is 454 g/mol. The van der Waals surface area contributed by atoms with E-state index in [1.165, 1.54) is 17.3 Å².